The maximum atomic E-state index is 12.6. The number of hydrogen-bond acceptors (Lipinski definition) is 3. The molecule has 1 aromatic rings. The Labute approximate surface area is 111 Å². The van der Waals surface area contributed by atoms with Crippen molar-refractivity contribution in [1.29, 1.82) is 0 Å². The van der Waals surface area contributed by atoms with Crippen molar-refractivity contribution in [2.24, 2.45) is 5.92 Å². The molecular weight excluding hydrogens is 291 g/mol. The summed E-state index contributed by atoms with van der Waals surface area (Å²) in [6, 6.07) is 2.19. The normalized spacial score (nSPS) is 20.6. The largest absolute Gasteiger partial charge is 0.486 e. The molecule has 0 spiro atoms. The number of rotatable bonds is 4. The summed E-state index contributed by atoms with van der Waals surface area (Å²) in [5.41, 5.74) is -0.395. The highest BCUT2D eigenvalue weighted by molar-refractivity contribution is 6.42. The number of nitro benzene ring substituents is 1. The van der Waals surface area contributed by atoms with Crippen LogP contribution in [0.4, 0.5) is 14.5 Å². The summed E-state index contributed by atoms with van der Waals surface area (Å²) in [7, 11) is 0. The minimum Gasteiger partial charge on any atom is -0.486 e. The van der Waals surface area contributed by atoms with Gasteiger partial charge in [0, 0.05) is 18.6 Å². The van der Waals surface area contributed by atoms with Gasteiger partial charge in [-0.1, -0.05) is 23.2 Å². The van der Waals surface area contributed by atoms with E-state index < -0.39 is 22.5 Å². The van der Waals surface area contributed by atoms with Crippen LogP contribution in [0.2, 0.25) is 10.0 Å². The van der Waals surface area contributed by atoms with Crippen LogP contribution in [0.1, 0.15) is 6.42 Å². The van der Waals surface area contributed by atoms with E-state index in [1.807, 2.05) is 0 Å². The van der Waals surface area contributed by atoms with Crippen LogP contribution in [0.15, 0.2) is 12.1 Å². The molecule has 0 N–H and O–H groups in total. The Hall–Kier alpha value is -1.14. The maximum absolute atomic E-state index is 12.6. The van der Waals surface area contributed by atoms with Crippen molar-refractivity contribution in [2.75, 3.05) is 6.61 Å². The van der Waals surface area contributed by atoms with Gasteiger partial charge in [0.1, 0.15) is 0 Å². The van der Waals surface area contributed by atoms with Crippen LogP contribution in [0.3, 0.4) is 0 Å². The molecule has 0 heterocycles. The van der Waals surface area contributed by atoms with Crippen LogP contribution < -0.4 is 4.74 Å². The van der Waals surface area contributed by atoms with Crippen molar-refractivity contribution in [3.63, 3.8) is 0 Å². The highest BCUT2D eigenvalue weighted by atomic mass is 35.5. The number of halogens is 4. The van der Waals surface area contributed by atoms with Crippen LogP contribution in [0.25, 0.3) is 0 Å². The van der Waals surface area contributed by atoms with Crippen LogP contribution >= 0.6 is 23.2 Å². The molecule has 0 saturated heterocycles. The molecule has 0 aliphatic heterocycles. The molecule has 18 heavy (non-hydrogen) atoms. The molecule has 0 radical (unpaired) electrons. The number of ether oxygens (including phenoxy) is 1. The molecule has 0 aromatic heterocycles. The second-order valence-electron chi connectivity index (χ2n) is 3.96. The first-order valence-corrected chi connectivity index (χ1v) is 5.71. The van der Waals surface area contributed by atoms with Crippen LogP contribution in [0, 0.1) is 16.0 Å². The fourth-order valence-corrected chi connectivity index (χ4v) is 1.73. The molecule has 1 fully saturated rings. The van der Waals surface area contributed by atoms with E-state index >= 15 is 0 Å². The summed E-state index contributed by atoms with van der Waals surface area (Å²) in [6.07, 6.45) is -0.262. The van der Waals surface area contributed by atoms with Gasteiger partial charge in [-0.2, -0.15) is 0 Å². The third-order valence-electron chi connectivity index (χ3n) is 2.59. The molecule has 1 atom stereocenters. The highest BCUT2D eigenvalue weighted by Crippen LogP contribution is 2.49. The molecule has 1 unspecified atom stereocenters. The predicted octanol–water partition coefficient (Wildman–Crippen LogP) is 3.94. The monoisotopic (exact) mass is 297 g/mol. The van der Waals surface area contributed by atoms with Gasteiger partial charge in [0.2, 0.25) is 0 Å². The Kier molecular flexibility index (Phi) is 3.33. The van der Waals surface area contributed by atoms with E-state index in [4.69, 9.17) is 27.9 Å². The molecule has 1 aliphatic rings. The number of benzene rings is 1. The van der Waals surface area contributed by atoms with Crippen molar-refractivity contribution in [2.45, 2.75) is 12.3 Å². The van der Waals surface area contributed by atoms with E-state index in [0.717, 1.165) is 12.1 Å². The highest BCUT2D eigenvalue weighted by Gasteiger charge is 2.57. The van der Waals surface area contributed by atoms with E-state index in [0.29, 0.717) is 0 Å². The summed E-state index contributed by atoms with van der Waals surface area (Å²) in [5.74, 6) is -3.78. The Balaban J connectivity index is 2.16. The summed E-state index contributed by atoms with van der Waals surface area (Å²) < 4.78 is 30.3. The van der Waals surface area contributed by atoms with Gasteiger partial charge in [-0.25, -0.2) is 8.78 Å². The van der Waals surface area contributed by atoms with Crippen molar-refractivity contribution in [3.05, 3.63) is 32.3 Å². The van der Waals surface area contributed by atoms with Crippen molar-refractivity contribution < 1.29 is 18.4 Å². The molecule has 0 bridgehead atoms. The minimum absolute atomic E-state index is 0.00692. The number of nitrogens with zero attached hydrogens (tertiary/aromatic N) is 1. The fourth-order valence-electron chi connectivity index (χ4n) is 1.42. The Morgan fingerprint density at radius 2 is 2.00 bits per heavy atom. The van der Waals surface area contributed by atoms with Crippen LogP contribution in [-0.2, 0) is 0 Å². The van der Waals surface area contributed by atoms with E-state index in [1.54, 1.807) is 0 Å². The fraction of sp³-hybridized carbons (Fsp3) is 0.400. The molecule has 4 nitrogen and oxygen atoms in total. The zero-order chi connectivity index (χ0) is 13.5. The quantitative estimate of drug-likeness (QED) is 0.625. The van der Waals surface area contributed by atoms with E-state index in [-0.39, 0.29) is 28.8 Å². The van der Waals surface area contributed by atoms with Crippen LogP contribution in [0.5, 0.6) is 5.75 Å². The first kappa shape index (κ1) is 13.3. The smallest absolute Gasteiger partial charge is 0.312 e. The SMILES string of the molecule is O=[N+]([O-])c1cc(Cl)c(Cl)cc1OCC1CC1(F)F. The third kappa shape index (κ3) is 2.64. The van der Waals surface area contributed by atoms with Gasteiger partial charge in [0.05, 0.1) is 27.5 Å². The molecule has 0 amide bonds. The Bertz CT molecular complexity index is 510. The molecular formula is C10H7Cl2F2NO3. The van der Waals surface area contributed by atoms with Gasteiger partial charge in [-0.05, 0) is 0 Å². The summed E-state index contributed by atoms with van der Waals surface area (Å²) in [4.78, 5) is 10.0. The second kappa shape index (κ2) is 4.51. The Morgan fingerprint density at radius 3 is 2.50 bits per heavy atom. The lowest BCUT2D eigenvalue weighted by Crippen LogP contribution is -2.07. The average molecular weight is 298 g/mol. The standard InChI is InChI=1S/C10H7Cl2F2NO3/c11-6-1-8(15(16)17)9(2-7(6)12)18-4-5-3-10(5,13)14/h1-2,5H,3-4H2. The molecule has 1 aliphatic carbocycles. The van der Waals surface area contributed by atoms with Gasteiger partial charge >= 0.3 is 5.69 Å². The lowest BCUT2D eigenvalue weighted by molar-refractivity contribution is -0.385. The van der Waals surface area contributed by atoms with Gasteiger partial charge < -0.3 is 4.74 Å². The molecule has 98 valence electrons. The maximum Gasteiger partial charge on any atom is 0.312 e. The predicted molar refractivity (Wildman–Crippen MR) is 61.7 cm³/mol. The van der Waals surface area contributed by atoms with Gasteiger partial charge in [-0.15, -0.1) is 0 Å². The Morgan fingerprint density at radius 1 is 1.44 bits per heavy atom. The third-order valence-corrected chi connectivity index (χ3v) is 3.32. The van der Waals surface area contributed by atoms with Crippen molar-refractivity contribution >= 4 is 28.9 Å². The second-order valence-corrected chi connectivity index (χ2v) is 4.78. The molecule has 1 saturated carbocycles. The summed E-state index contributed by atoms with van der Waals surface area (Å²) in [6.45, 7) is -0.286. The minimum atomic E-state index is -2.73. The number of nitro groups is 1. The number of hydrogen-bond donors (Lipinski definition) is 0. The molecule has 8 heteroatoms. The lowest BCUT2D eigenvalue weighted by atomic mass is 10.3. The van der Waals surface area contributed by atoms with Crippen LogP contribution in [-0.4, -0.2) is 17.5 Å². The van der Waals surface area contributed by atoms with Gasteiger partial charge in [0.15, 0.2) is 5.75 Å². The zero-order valence-corrected chi connectivity index (χ0v) is 10.3. The van der Waals surface area contributed by atoms with E-state index in [2.05, 4.69) is 0 Å². The lowest BCUT2D eigenvalue weighted by Gasteiger charge is -2.07. The topological polar surface area (TPSA) is 52.4 Å². The van der Waals surface area contributed by atoms with Crippen molar-refractivity contribution in [3.8, 4) is 5.75 Å². The summed E-state index contributed by atoms with van der Waals surface area (Å²) >= 11 is 11.3. The van der Waals surface area contributed by atoms with E-state index in [9.17, 15) is 18.9 Å². The van der Waals surface area contributed by atoms with Crippen molar-refractivity contribution in [1.82, 2.24) is 0 Å². The van der Waals surface area contributed by atoms with Gasteiger partial charge in [-0.3, -0.25) is 10.1 Å². The average Bonchev–Trinajstić information content (AvgIpc) is 2.87. The first-order valence-electron chi connectivity index (χ1n) is 4.95. The first-order chi connectivity index (χ1) is 8.31. The number of alkyl halides is 2. The zero-order valence-electron chi connectivity index (χ0n) is 8.83. The summed E-state index contributed by atoms with van der Waals surface area (Å²) in [5, 5.41) is 10.8. The molecule has 2 rings (SSSR count). The van der Waals surface area contributed by atoms with Gasteiger partial charge in [0.25, 0.3) is 5.92 Å². The molecule has 1 aromatic carbocycles. The van der Waals surface area contributed by atoms with E-state index in [1.165, 1.54) is 0 Å².